The van der Waals surface area contributed by atoms with E-state index >= 15 is 0 Å². The average Bonchev–Trinajstić information content (AvgIpc) is 3.30. The van der Waals surface area contributed by atoms with Crippen LogP contribution in [0.3, 0.4) is 0 Å². The lowest BCUT2D eigenvalue weighted by Gasteiger charge is -2.19. The van der Waals surface area contributed by atoms with Crippen LogP contribution in [0.2, 0.25) is 0 Å². The smallest absolute Gasteiger partial charge is 0.252 e. The minimum Gasteiger partial charge on any atom is -0.356 e. The van der Waals surface area contributed by atoms with E-state index < -0.39 is 10.0 Å². The number of hydrogen-bond donors (Lipinski definition) is 2. The molecule has 3 rings (SSSR count). The quantitative estimate of drug-likeness (QED) is 0.315. The van der Waals surface area contributed by atoms with Crippen molar-refractivity contribution < 1.29 is 12.8 Å². The molecule has 0 amide bonds. The Balaban J connectivity index is 0.00000300. The molecule has 1 aliphatic carbocycles. The maximum Gasteiger partial charge on any atom is 0.252 e. The van der Waals surface area contributed by atoms with E-state index in [4.69, 9.17) is 0 Å². The van der Waals surface area contributed by atoms with Crippen LogP contribution in [0.1, 0.15) is 23.3 Å². The van der Waals surface area contributed by atoms with Crippen LogP contribution in [0.5, 0.6) is 0 Å². The third-order valence-electron chi connectivity index (χ3n) is 4.91. The van der Waals surface area contributed by atoms with E-state index in [1.165, 1.54) is 35.8 Å². The summed E-state index contributed by atoms with van der Waals surface area (Å²) >= 11 is 1.24. The predicted molar refractivity (Wildman–Crippen MR) is 126 cm³/mol. The predicted octanol–water partition coefficient (Wildman–Crippen LogP) is 3.15. The second-order valence-electron chi connectivity index (χ2n) is 7.08. The lowest BCUT2D eigenvalue weighted by atomic mass is 9.96. The zero-order valence-corrected chi connectivity index (χ0v) is 20.6. The second-order valence-corrected chi connectivity index (χ2v) is 10.6. The minimum atomic E-state index is -3.41. The SMILES string of the molecule is CN=C(NCc1ccc(S(=O)(=O)N(C)C)s1)NCC1(c2cccc(F)c2)CC1.I. The molecule has 29 heavy (non-hydrogen) atoms. The Bertz CT molecular complexity index is 972. The Labute approximate surface area is 192 Å². The average molecular weight is 552 g/mol. The molecule has 1 aromatic carbocycles. The van der Waals surface area contributed by atoms with Crippen LogP contribution < -0.4 is 10.6 Å². The fourth-order valence-corrected chi connectivity index (χ4v) is 5.42. The van der Waals surface area contributed by atoms with E-state index in [2.05, 4.69) is 15.6 Å². The molecule has 1 aliphatic rings. The van der Waals surface area contributed by atoms with Gasteiger partial charge in [0.15, 0.2) is 5.96 Å². The highest BCUT2D eigenvalue weighted by Gasteiger charge is 2.44. The van der Waals surface area contributed by atoms with E-state index in [0.29, 0.717) is 23.3 Å². The number of halogens is 2. The van der Waals surface area contributed by atoms with Crippen molar-refractivity contribution in [3.05, 3.63) is 52.7 Å². The zero-order valence-electron chi connectivity index (χ0n) is 16.6. The Hall–Kier alpha value is -1.24. The number of rotatable bonds is 7. The lowest BCUT2D eigenvalue weighted by molar-refractivity contribution is 0.523. The van der Waals surface area contributed by atoms with Crippen molar-refractivity contribution >= 4 is 51.3 Å². The summed E-state index contributed by atoms with van der Waals surface area (Å²) in [7, 11) is 1.32. The lowest BCUT2D eigenvalue weighted by Crippen LogP contribution is -2.40. The summed E-state index contributed by atoms with van der Waals surface area (Å²) in [6.45, 7) is 1.14. The van der Waals surface area contributed by atoms with Crippen LogP contribution in [0, 0.1) is 5.82 Å². The van der Waals surface area contributed by atoms with Gasteiger partial charge in [-0.15, -0.1) is 35.3 Å². The largest absolute Gasteiger partial charge is 0.356 e. The summed E-state index contributed by atoms with van der Waals surface area (Å²) in [5.74, 6) is 0.417. The van der Waals surface area contributed by atoms with Crippen LogP contribution >= 0.6 is 35.3 Å². The molecule has 1 saturated carbocycles. The summed E-state index contributed by atoms with van der Waals surface area (Å²) in [6.07, 6.45) is 2.02. The Morgan fingerprint density at radius 3 is 2.55 bits per heavy atom. The normalized spacial score (nSPS) is 15.7. The van der Waals surface area contributed by atoms with Crippen molar-refractivity contribution in [2.45, 2.75) is 29.0 Å². The molecule has 0 aliphatic heterocycles. The number of benzene rings is 1. The minimum absolute atomic E-state index is 0. The van der Waals surface area contributed by atoms with Crippen molar-refractivity contribution in [3.63, 3.8) is 0 Å². The first-order chi connectivity index (χ1) is 13.3. The monoisotopic (exact) mass is 552 g/mol. The molecule has 0 atom stereocenters. The van der Waals surface area contributed by atoms with Gasteiger partial charge < -0.3 is 10.6 Å². The molecule has 2 aromatic rings. The molecule has 0 spiro atoms. The number of nitrogens with one attached hydrogen (secondary N) is 2. The second kappa shape index (κ2) is 9.71. The first-order valence-electron chi connectivity index (χ1n) is 8.99. The summed E-state index contributed by atoms with van der Waals surface area (Å²) in [4.78, 5) is 5.13. The van der Waals surface area contributed by atoms with Crippen LogP contribution in [0.25, 0.3) is 0 Å². The fraction of sp³-hybridized carbons (Fsp3) is 0.421. The molecule has 160 valence electrons. The summed E-state index contributed by atoms with van der Waals surface area (Å²) in [6, 6.07) is 10.2. The van der Waals surface area contributed by atoms with Gasteiger partial charge in [0.25, 0.3) is 10.0 Å². The first-order valence-corrected chi connectivity index (χ1v) is 11.2. The van der Waals surface area contributed by atoms with Crippen molar-refractivity contribution in [2.75, 3.05) is 27.7 Å². The molecule has 0 unspecified atom stereocenters. The highest BCUT2D eigenvalue weighted by Crippen LogP contribution is 2.47. The number of thiophene rings is 1. The van der Waals surface area contributed by atoms with E-state index in [1.807, 2.05) is 6.07 Å². The first kappa shape index (κ1) is 24.0. The molecule has 0 radical (unpaired) electrons. The van der Waals surface area contributed by atoms with E-state index in [9.17, 15) is 12.8 Å². The Morgan fingerprint density at radius 2 is 1.97 bits per heavy atom. The molecule has 2 N–H and O–H groups in total. The van der Waals surface area contributed by atoms with Crippen LogP contribution in [0.15, 0.2) is 45.6 Å². The van der Waals surface area contributed by atoms with Crippen molar-refractivity contribution in [1.82, 2.24) is 14.9 Å². The van der Waals surface area contributed by atoms with Gasteiger partial charge in [0.1, 0.15) is 10.0 Å². The maximum atomic E-state index is 13.5. The highest BCUT2D eigenvalue weighted by molar-refractivity contribution is 14.0. The highest BCUT2D eigenvalue weighted by atomic mass is 127. The molecule has 1 aromatic heterocycles. The third kappa shape index (κ3) is 5.68. The van der Waals surface area contributed by atoms with Crippen molar-refractivity contribution in [2.24, 2.45) is 4.99 Å². The van der Waals surface area contributed by atoms with Gasteiger partial charge in [0.2, 0.25) is 0 Å². The van der Waals surface area contributed by atoms with Gasteiger partial charge in [0, 0.05) is 38.0 Å². The summed E-state index contributed by atoms with van der Waals surface area (Å²) in [5, 5.41) is 6.52. The Morgan fingerprint density at radius 1 is 1.24 bits per heavy atom. The van der Waals surface area contributed by atoms with Gasteiger partial charge in [-0.2, -0.15) is 0 Å². The van der Waals surface area contributed by atoms with Crippen molar-refractivity contribution in [1.29, 1.82) is 0 Å². The number of sulfonamides is 1. The van der Waals surface area contributed by atoms with E-state index in [-0.39, 0.29) is 35.2 Å². The molecule has 1 fully saturated rings. The summed E-state index contributed by atoms with van der Waals surface area (Å²) in [5.41, 5.74) is 0.961. The van der Waals surface area contributed by atoms with E-state index in [0.717, 1.165) is 23.3 Å². The van der Waals surface area contributed by atoms with Gasteiger partial charge in [-0.1, -0.05) is 12.1 Å². The molecule has 0 saturated heterocycles. The fourth-order valence-electron chi connectivity index (χ4n) is 2.95. The molecule has 1 heterocycles. The number of hydrogen-bond acceptors (Lipinski definition) is 4. The molecular formula is C19H26FIN4O2S2. The van der Waals surface area contributed by atoms with Crippen LogP contribution in [0.4, 0.5) is 4.39 Å². The number of guanidine groups is 1. The van der Waals surface area contributed by atoms with Crippen LogP contribution in [-0.2, 0) is 22.0 Å². The van der Waals surface area contributed by atoms with Gasteiger partial charge in [-0.3, -0.25) is 4.99 Å². The maximum absolute atomic E-state index is 13.5. The molecule has 10 heteroatoms. The number of nitrogens with zero attached hydrogens (tertiary/aromatic N) is 2. The molecule has 0 bridgehead atoms. The number of aliphatic imine (C=N–C) groups is 1. The van der Waals surface area contributed by atoms with E-state index in [1.54, 1.807) is 31.3 Å². The third-order valence-corrected chi connectivity index (χ3v) is 8.28. The standard InChI is InChI=1S/C19H25FN4O2S2.HI/c1-21-18(22-12-16-7-8-17(27-16)28(25,26)24(2)3)23-13-19(9-10-19)14-5-4-6-15(20)11-14;/h4-8,11H,9-10,12-13H2,1-3H3,(H2,21,22,23);1H. The van der Waals surface area contributed by atoms with Gasteiger partial charge in [0.05, 0.1) is 6.54 Å². The van der Waals surface area contributed by atoms with Crippen molar-refractivity contribution in [3.8, 4) is 0 Å². The summed E-state index contributed by atoms with van der Waals surface area (Å²) < 4.78 is 39.4. The molecule has 6 nitrogen and oxygen atoms in total. The van der Waals surface area contributed by atoms with Gasteiger partial charge >= 0.3 is 0 Å². The Kier molecular flexibility index (Phi) is 8.05. The topological polar surface area (TPSA) is 73.8 Å². The molecular weight excluding hydrogens is 526 g/mol. The van der Waals surface area contributed by atoms with Gasteiger partial charge in [-0.05, 0) is 42.7 Å². The van der Waals surface area contributed by atoms with Crippen LogP contribution in [-0.4, -0.2) is 46.4 Å². The zero-order chi connectivity index (χ0) is 20.4. The van der Waals surface area contributed by atoms with Gasteiger partial charge in [-0.25, -0.2) is 17.1 Å².